The minimum absolute atomic E-state index is 0.000104. The number of alkyl halides is 3. The van der Waals surface area contributed by atoms with E-state index in [1.165, 1.54) is 32.0 Å². The zero-order valence-electron chi connectivity index (χ0n) is 19.8. The minimum atomic E-state index is -4.58. The quantitative estimate of drug-likeness (QED) is 0.274. The molecule has 2 aromatic carbocycles. The van der Waals surface area contributed by atoms with Crippen molar-refractivity contribution in [2.24, 2.45) is 5.92 Å². The zero-order valence-corrected chi connectivity index (χ0v) is 21.3. The van der Waals surface area contributed by atoms with E-state index in [0.29, 0.717) is 6.07 Å². The van der Waals surface area contributed by atoms with Gasteiger partial charge in [-0.2, -0.15) is 13.2 Å². The molecule has 0 spiro atoms. The fourth-order valence-corrected chi connectivity index (χ4v) is 3.60. The molecular formula is C24H25Cl2F3O7. The molecule has 0 aliphatic heterocycles. The highest BCUT2D eigenvalue weighted by molar-refractivity contribution is 6.33. The van der Waals surface area contributed by atoms with E-state index in [1.54, 1.807) is 13.8 Å². The van der Waals surface area contributed by atoms with Gasteiger partial charge in [0, 0.05) is 6.61 Å². The first kappa shape index (κ1) is 29.7. The number of halogens is 5. The van der Waals surface area contributed by atoms with E-state index < -0.39 is 41.5 Å². The fourth-order valence-electron chi connectivity index (χ4n) is 3.18. The summed E-state index contributed by atoms with van der Waals surface area (Å²) in [5, 5.41) is 10.7. The van der Waals surface area contributed by atoms with Gasteiger partial charge >= 0.3 is 18.1 Å². The molecule has 0 amide bonds. The van der Waals surface area contributed by atoms with Crippen LogP contribution in [0.15, 0.2) is 36.4 Å². The van der Waals surface area contributed by atoms with Gasteiger partial charge in [-0.25, -0.2) is 4.79 Å². The number of hydrogen-bond donors (Lipinski definition) is 1. The predicted molar refractivity (Wildman–Crippen MR) is 125 cm³/mol. The maximum absolute atomic E-state index is 12.9. The molecule has 0 aromatic heterocycles. The summed E-state index contributed by atoms with van der Waals surface area (Å²) >= 11 is 12.1. The minimum Gasteiger partial charge on any atom is -0.466 e. The second-order valence-corrected chi connectivity index (χ2v) is 8.41. The lowest BCUT2D eigenvalue weighted by atomic mass is 9.95. The van der Waals surface area contributed by atoms with E-state index in [0.717, 1.165) is 12.1 Å². The van der Waals surface area contributed by atoms with Gasteiger partial charge in [0.1, 0.15) is 17.4 Å². The van der Waals surface area contributed by atoms with Gasteiger partial charge in [0.2, 0.25) is 5.79 Å². The van der Waals surface area contributed by atoms with E-state index >= 15 is 0 Å². The van der Waals surface area contributed by atoms with Crippen LogP contribution in [0.25, 0.3) is 0 Å². The van der Waals surface area contributed by atoms with Crippen LogP contribution in [0.2, 0.25) is 10.0 Å². The third-order valence-corrected chi connectivity index (χ3v) is 5.77. The van der Waals surface area contributed by atoms with Gasteiger partial charge in [-0.1, -0.05) is 23.2 Å². The standard InChI is InChI=1S/C24H25Cl2F3O7/c1-5-33-21(30)13(3)23(32,34-6-2)14(4)35-22(31)17-12-16(8-9-18(17)25)36-20-10-7-15(11-19(20)26)24(27,28)29/h7-14,32H,5-6H2,1-4H3/t13?,14?,23-/m0/s1. The predicted octanol–water partition coefficient (Wildman–Crippen LogP) is 6.27. The lowest BCUT2D eigenvalue weighted by Gasteiger charge is -2.36. The molecule has 198 valence electrons. The Morgan fingerprint density at radius 3 is 2.22 bits per heavy atom. The summed E-state index contributed by atoms with van der Waals surface area (Å²) in [4.78, 5) is 25.1. The summed E-state index contributed by atoms with van der Waals surface area (Å²) in [5.74, 6) is -5.20. The molecule has 7 nitrogen and oxygen atoms in total. The Morgan fingerprint density at radius 2 is 1.67 bits per heavy atom. The summed E-state index contributed by atoms with van der Waals surface area (Å²) in [7, 11) is 0. The van der Waals surface area contributed by atoms with Gasteiger partial charge in [0.05, 0.1) is 27.8 Å². The van der Waals surface area contributed by atoms with Crippen molar-refractivity contribution < 1.29 is 46.8 Å². The third-order valence-electron chi connectivity index (χ3n) is 5.15. The van der Waals surface area contributed by atoms with Crippen LogP contribution in [-0.4, -0.2) is 42.1 Å². The number of rotatable bonds is 10. The Balaban J connectivity index is 2.26. The number of esters is 2. The van der Waals surface area contributed by atoms with Crippen LogP contribution in [0.3, 0.4) is 0 Å². The number of hydrogen-bond acceptors (Lipinski definition) is 7. The van der Waals surface area contributed by atoms with Crippen molar-refractivity contribution in [3.05, 3.63) is 57.6 Å². The largest absolute Gasteiger partial charge is 0.466 e. The Hall–Kier alpha value is -2.53. The van der Waals surface area contributed by atoms with E-state index in [2.05, 4.69) is 0 Å². The average molecular weight is 553 g/mol. The van der Waals surface area contributed by atoms with Crippen molar-refractivity contribution >= 4 is 35.1 Å². The van der Waals surface area contributed by atoms with Crippen molar-refractivity contribution in [3.63, 3.8) is 0 Å². The molecule has 1 N–H and O–H groups in total. The van der Waals surface area contributed by atoms with Crippen LogP contribution in [0.4, 0.5) is 13.2 Å². The Bertz CT molecular complexity index is 1090. The Kier molecular flexibility index (Phi) is 10.0. The molecule has 36 heavy (non-hydrogen) atoms. The molecule has 0 saturated heterocycles. The number of carbonyl (C=O) groups is 2. The first-order chi connectivity index (χ1) is 16.7. The highest BCUT2D eigenvalue weighted by Crippen LogP contribution is 2.37. The maximum atomic E-state index is 12.9. The van der Waals surface area contributed by atoms with Gasteiger partial charge in [-0.15, -0.1) is 0 Å². The smallest absolute Gasteiger partial charge is 0.416 e. The van der Waals surface area contributed by atoms with Crippen molar-refractivity contribution in [2.45, 2.75) is 45.8 Å². The van der Waals surface area contributed by atoms with E-state index in [1.807, 2.05) is 0 Å². The van der Waals surface area contributed by atoms with Crippen LogP contribution >= 0.6 is 23.2 Å². The molecule has 0 aliphatic carbocycles. The van der Waals surface area contributed by atoms with Gasteiger partial charge < -0.3 is 24.1 Å². The molecule has 0 aliphatic rings. The lowest BCUT2D eigenvalue weighted by molar-refractivity contribution is -0.275. The molecule has 0 radical (unpaired) electrons. The Morgan fingerprint density at radius 1 is 1.00 bits per heavy atom. The van der Waals surface area contributed by atoms with Crippen LogP contribution < -0.4 is 4.74 Å². The number of ether oxygens (including phenoxy) is 4. The second kappa shape index (κ2) is 12.1. The molecule has 0 bridgehead atoms. The summed E-state index contributed by atoms with van der Waals surface area (Å²) in [6, 6.07) is 6.43. The first-order valence-electron chi connectivity index (χ1n) is 10.8. The average Bonchev–Trinajstić information content (AvgIpc) is 2.80. The number of benzene rings is 2. The van der Waals surface area contributed by atoms with E-state index in [4.69, 9.17) is 42.1 Å². The molecule has 0 fully saturated rings. The van der Waals surface area contributed by atoms with Crippen molar-refractivity contribution in [1.82, 2.24) is 0 Å². The molecule has 0 heterocycles. The normalized spacial score (nSPS) is 14.9. The molecule has 0 saturated carbocycles. The summed E-state index contributed by atoms with van der Waals surface area (Å²) in [6.45, 7) is 5.96. The Labute approximate surface area is 216 Å². The topological polar surface area (TPSA) is 91.3 Å². The molecule has 2 unspecified atom stereocenters. The molecule has 12 heteroatoms. The molecule has 2 rings (SSSR count). The maximum Gasteiger partial charge on any atom is 0.416 e. The van der Waals surface area contributed by atoms with Crippen LogP contribution in [0, 0.1) is 5.92 Å². The molecular weight excluding hydrogens is 528 g/mol. The van der Waals surface area contributed by atoms with Crippen LogP contribution in [0.1, 0.15) is 43.6 Å². The zero-order chi connectivity index (χ0) is 27.3. The molecule has 2 aromatic rings. The summed E-state index contributed by atoms with van der Waals surface area (Å²) in [5.41, 5.74) is -1.13. The monoisotopic (exact) mass is 552 g/mol. The highest BCUT2D eigenvalue weighted by Gasteiger charge is 2.47. The van der Waals surface area contributed by atoms with Gasteiger partial charge in [0.15, 0.2) is 6.10 Å². The fraction of sp³-hybridized carbons (Fsp3) is 0.417. The van der Waals surface area contributed by atoms with Gasteiger partial charge in [-0.05, 0) is 64.1 Å². The van der Waals surface area contributed by atoms with Crippen molar-refractivity contribution in [3.8, 4) is 11.5 Å². The van der Waals surface area contributed by atoms with E-state index in [-0.39, 0.29) is 40.3 Å². The molecule has 3 atom stereocenters. The third kappa shape index (κ3) is 7.03. The van der Waals surface area contributed by atoms with Gasteiger partial charge in [-0.3, -0.25) is 4.79 Å². The summed E-state index contributed by atoms with van der Waals surface area (Å²) in [6.07, 6.45) is -5.92. The van der Waals surface area contributed by atoms with Crippen LogP contribution in [0.5, 0.6) is 11.5 Å². The van der Waals surface area contributed by atoms with E-state index in [9.17, 15) is 27.9 Å². The number of aliphatic hydroxyl groups is 1. The van der Waals surface area contributed by atoms with Crippen LogP contribution in [-0.2, 0) is 25.2 Å². The first-order valence-corrected chi connectivity index (χ1v) is 11.6. The second-order valence-electron chi connectivity index (χ2n) is 7.59. The number of carbonyl (C=O) groups excluding carboxylic acids is 2. The van der Waals surface area contributed by atoms with Gasteiger partial charge in [0.25, 0.3) is 0 Å². The lowest BCUT2D eigenvalue weighted by Crippen LogP contribution is -2.53. The van der Waals surface area contributed by atoms with Crippen molar-refractivity contribution in [1.29, 1.82) is 0 Å². The van der Waals surface area contributed by atoms with Crippen molar-refractivity contribution in [2.75, 3.05) is 13.2 Å². The summed E-state index contributed by atoms with van der Waals surface area (Å²) < 4.78 is 59.8. The SMILES string of the molecule is CCOC(=O)C(C)[C@](O)(OCC)C(C)OC(=O)c1cc(Oc2ccc(C(F)(F)F)cc2Cl)ccc1Cl. The highest BCUT2D eigenvalue weighted by atomic mass is 35.5.